The van der Waals surface area contributed by atoms with Crippen molar-refractivity contribution in [2.75, 3.05) is 20.3 Å². The summed E-state index contributed by atoms with van der Waals surface area (Å²) in [6.07, 6.45) is 1.92. The first kappa shape index (κ1) is 12.7. The van der Waals surface area contributed by atoms with E-state index in [1.165, 1.54) is 13.3 Å². The molecule has 0 spiro atoms. The Kier molecular flexibility index (Phi) is 4.94. The molecule has 1 amide bonds. The predicted octanol–water partition coefficient (Wildman–Crippen LogP) is 0.110. The Morgan fingerprint density at radius 1 is 1.75 bits per heavy atom. The van der Waals surface area contributed by atoms with Gasteiger partial charge < -0.3 is 19.7 Å². The van der Waals surface area contributed by atoms with Gasteiger partial charge in [0.25, 0.3) is 5.91 Å². The molecule has 16 heavy (non-hydrogen) atoms. The van der Waals surface area contributed by atoms with Crippen molar-refractivity contribution >= 4 is 5.91 Å². The van der Waals surface area contributed by atoms with Crippen molar-refractivity contribution in [2.24, 2.45) is 0 Å². The molecule has 0 aliphatic carbocycles. The van der Waals surface area contributed by atoms with Gasteiger partial charge in [-0.15, -0.1) is 0 Å². The maximum Gasteiger partial charge on any atom is 0.290 e. The highest BCUT2D eigenvalue weighted by Gasteiger charge is 2.18. The summed E-state index contributed by atoms with van der Waals surface area (Å²) >= 11 is 0. The Hall–Kier alpha value is -1.40. The minimum atomic E-state index is -0.342. The van der Waals surface area contributed by atoms with Crippen LogP contribution in [0.2, 0.25) is 0 Å². The fourth-order valence-electron chi connectivity index (χ4n) is 1.31. The number of nitrogens with one attached hydrogen (secondary N) is 1. The Bertz CT molecular complexity index is 331. The molecule has 1 unspecified atom stereocenters. The highest BCUT2D eigenvalue weighted by molar-refractivity contribution is 5.92. The molecule has 1 heterocycles. The van der Waals surface area contributed by atoms with Crippen LogP contribution in [0.25, 0.3) is 0 Å². The van der Waals surface area contributed by atoms with Gasteiger partial charge in [0.2, 0.25) is 5.76 Å². The summed E-state index contributed by atoms with van der Waals surface area (Å²) in [6.45, 7) is 2.08. The molecule has 90 valence electrons. The van der Waals surface area contributed by atoms with Gasteiger partial charge in [-0.1, -0.05) is 5.16 Å². The fraction of sp³-hybridized carbons (Fsp3) is 0.600. The van der Waals surface area contributed by atoms with Crippen LogP contribution < -0.4 is 5.32 Å². The topological polar surface area (TPSA) is 84.6 Å². The van der Waals surface area contributed by atoms with Crippen LogP contribution in [0, 0.1) is 6.92 Å². The van der Waals surface area contributed by atoms with E-state index in [1.54, 1.807) is 6.92 Å². The van der Waals surface area contributed by atoms with Gasteiger partial charge in [-0.25, -0.2) is 0 Å². The molecule has 0 radical (unpaired) electrons. The number of amides is 1. The van der Waals surface area contributed by atoms with E-state index in [1.807, 2.05) is 0 Å². The molecule has 0 aliphatic rings. The molecule has 1 aromatic heterocycles. The smallest absolute Gasteiger partial charge is 0.290 e. The zero-order valence-electron chi connectivity index (χ0n) is 9.40. The molecule has 0 bridgehead atoms. The lowest BCUT2D eigenvalue weighted by Gasteiger charge is -2.15. The molecule has 0 saturated carbocycles. The average Bonchev–Trinajstić information content (AvgIpc) is 2.65. The lowest BCUT2D eigenvalue weighted by molar-refractivity contribution is 0.0842. The highest BCUT2D eigenvalue weighted by Crippen LogP contribution is 2.06. The second-order valence-electron chi connectivity index (χ2n) is 3.48. The Balaban J connectivity index is 2.58. The van der Waals surface area contributed by atoms with Crippen molar-refractivity contribution in [3.05, 3.63) is 17.5 Å². The molecule has 1 rings (SSSR count). The van der Waals surface area contributed by atoms with Gasteiger partial charge in [0.15, 0.2) is 0 Å². The average molecular weight is 228 g/mol. The third kappa shape index (κ3) is 3.32. The fourth-order valence-corrected chi connectivity index (χ4v) is 1.31. The molecule has 0 fully saturated rings. The number of hydrogen-bond donors (Lipinski definition) is 2. The van der Waals surface area contributed by atoms with Crippen molar-refractivity contribution in [3.63, 3.8) is 0 Å². The maximum atomic E-state index is 11.7. The number of hydrogen-bond acceptors (Lipinski definition) is 5. The zero-order valence-corrected chi connectivity index (χ0v) is 9.40. The molecular formula is C10H16N2O4. The molecule has 0 aliphatic heterocycles. The molecule has 0 aromatic carbocycles. The number of aliphatic hydroxyl groups excluding tert-OH is 1. The predicted molar refractivity (Wildman–Crippen MR) is 56.1 cm³/mol. The van der Waals surface area contributed by atoms with Crippen LogP contribution in [0.5, 0.6) is 0 Å². The molecule has 2 N–H and O–H groups in total. The van der Waals surface area contributed by atoms with Crippen molar-refractivity contribution in [1.82, 2.24) is 10.5 Å². The monoisotopic (exact) mass is 228 g/mol. The van der Waals surface area contributed by atoms with Gasteiger partial charge in [-0.2, -0.15) is 0 Å². The Morgan fingerprint density at radius 2 is 2.50 bits per heavy atom. The third-order valence-electron chi connectivity index (χ3n) is 2.14. The number of aryl methyl sites for hydroxylation is 1. The SMILES string of the molecule is COCC(CCO)NC(=O)c1oncc1C. The van der Waals surface area contributed by atoms with Crippen molar-refractivity contribution in [3.8, 4) is 0 Å². The van der Waals surface area contributed by atoms with E-state index in [2.05, 4.69) is 10.5 Å². The highest BCUT2D eigenvalue weighted by atomic mass is 16.5. The minimum Gasteiger partial charge on any atom is -0.396 e. The summed E-state index contributed by atoms with van der Waals surface area (Å²) in [5.41, 5.74) is 0.678. The van der Waals surface area contributed by atoms with E-state index >= 15 is 0 Å². The van der Waals surface area contributed by atoms with Crippen LogP contribution in [0.4, 0.5) is 0 Å². The molecular weight excluding hydrogens is 212 g/mol. The first-order valence-corrected chi connectivity index (χ1v) is 5.01. The summed E-state index contributed by atoms with van der Waals surface area (Å²) in [7, 11) is 1.54. The first-order chi connectivity index (χ1) is 7.69. The number of nitrogens with zero attached hydrogens (tertiary/aromatic N) is 1. The van der Waals surface area contributed by atoms with E-state index in [4.69, 9.17) is 14.4 Å². The largest absolute Gasteiger partial charge is 0.396 e. The normalized spacial score (nSPS) is 12.4. The van der Waals surface area contributed by atoms with Crippen molar-refractivity contribution in [2.45, 2.75) is 19.4 Å². The molecule has 1 atom stereocenters. The lowest BCUT2D eigenvalue weighted by Crippen LogP contribution is -2.38. The summed E-state index contributed by atoms with van der Waals surface area (Å²) < 4.78 is 9.75. The summed E-state index contributed by atoms with van der Waals surface area (Å²) in [5, 5.41) is 15.0. The van der Waals surface area contributed by atoms with Gasteiger partial charge in [-0.3, -0.25) is 4.79 Å². The van der Waals surface area contributed by atoms with Gasteiger partial charge in [-0.05, 0) is 13.3 Å². The number of carbonyl (C=O) groups excluding carboxylic acids is 1. The number of rotatable bonds is 6. The standard InChI is InChI=1S/C10H16N2O4/c1-7-5-11-16-9(7)10(14)12-8(3-4-13)6-15-2/h5,8,13H,3-4,6H2,1-2H3,(H,12,14). The van der Waals surface area contributed by atoms with Gasteiger partial charge in [0, 0.05) is 19.3 Å². The minimum absolute atomic E-state index is 0.0102. The van der Waals surface area contributed by atoms with E-state index in [9.17, 15) is 4.79 Å². The molecule has 1 aromatic rings. The molecule has 6 heteroatoms. The molecule has 6 nitrogen and oxygen atoms in total. The number of ether oxygens (including phenoxy) is 1. The number of aliphatic hydroxyl groups is 1. The Morgan fingerprint density at radius 3 is 3.00 bits per heavy atom. The third-order valence-corrected chi connectivity index (χ3v) is 2.14. The number of carbonyl (C=O) groups is 1. The van der Waals surface area contributed by atoms with Crippen LogP contribution in [-0.2, 0) is 4.74 Å². The van der Waals surface area contributed by atoms with E-state index in [0.29, 0.717) is 18.6 Å². The molecule has 0 saturated heterocycles. The van der Waals surface area contributed by atoms with Gasteiger partial charge in [0.05, 0.1) is 18.8 Å². The van der Waals surface area contributed by atoms with Crippen molar-refractivity contribution < 1.29 is 19.2 Å². The summed E-state index contributed by atoms with van der Waals surface area (Å²) in [6, 6.07) is -0.230. The lowest BCUT2D eigenvalue weighted by atomic mass is 10.2. The second kappa shape index (κ2) is 6.24. The van der Waals surface area contributed by atoms with Crippen LogP contribution >= 0.6 is 0 Å². The van der Waals surface area contributed by atoms with Gasteiger partial charge >= 0.3 is 0 Å². The van der Waals surface area contributed by atoms with Gasteiger partial charge in [0.1, 0.15) is 0 Å². The number of methoxy groups -OCH3 is 1. The second-order valence-corrected chi connectivity index (χ2v) is 3.48. The summed E-state index contributed by atoms with van der Waals surface area (Å²) in [4.78, 5) is 11.7. The Labute approximate surface area is 93.6 Å². The maximum absolute atomic E-state index is 11.7. The summed E-state index contributed by atoms with van der Waals surface area (Å²) in [5.74, 6) is -0.149. The van der Waals surface area contributed by atoms with Crippen LogP contribution in [0.3, 0.4) is 0 Å². The number of aromatic nitrogens is 1. The van der Waals surface area contributed by atoms with Crippen molar-refractivity contribution in [1.29, 1.82) is 0 Å². The van der Waals surface area contributed by atoms with Crippen LogP contribution in [0.1, 0.15) is 22.5 Å². The first-order valence-electron chi connectivity index (χ1n) is 5.01. The van der Waals surface area contributed by atoms with E-state index < -0.39 is 0 Å². The van der Waals surface area contributed by atoms with Crippen LogP contribution in [-0.4, -0.2) is 42.5 Å². The van der Waals surface area contributed by atoms with E-state index in [0.717, 1.165) is 0 Å². The zero-order chi connectivity index (χ0) is 12.0. The van der Waals surface area contributed by atoms with Crippen LogP contribution in [0.15, 0.2) is 10.7 Å². The van der Waals surface area contributed by atoms with E-state index in [-0.39, 0.29) is 24.3 Å². The quantitative estimate of drug-likeness (QED) is 0.722.